The molecule has 3 aliphatic rings. The molecule has 0 radical (unpaired) electrons. The second kappa shape index (κ2) is 15.0. The van der Waals surface area contributed by atoms with E-state index in [2.05, 4.69) is 265 Å². The lowest BCUT2D eigenvalue weighted by Crippen LogP contribution is -2.68. The minimum Gasteiger partial charge on any atom is -0.312 e. The molecule has 302 valence electrons. The Morgan fingerprint density at radius 3 is 1.46 bits per heavy atom. The van der Waals surface area contributed by atoms with Crippen LogP contribution < -0.4 is 42.6 Å². The van der Waals surface area contributed by atoms with Crippen molar-refractivity contribution in [3.8, 4) is 11.1 Å². The van der Waals surface area contributed by atoms with Crippen molar-refractivity contribution in [3.63, 3.8) is 0 Å². The van der Waals surface area contributed by atoms with Gasteiger partial charge in [-0.05, 0) is 97.7 Å². The molecule has 0 fully saturated rings. The van der Waals surface area contributed by atoms with Gasteiger partial charge in [-0.3, -0.25) is 0 Å². The first-order chi connectivity index (χ1) is 32.3. The van der Waals surface area contributed by atoms with E-state index in [1.165, 1.54) is 88.9 Å². The molecule has 0 aromatic heterocycles. The van der Waals surface area contributed by atoms with Gasteiger partial charge in [-0.2, -0.15) is 0 Å². The number of benzene rings is 10. The van der Waals surface area contributed by atoms with Crippen LogP contribution in [0, 0.1) is 0 Å². The van der Waals surface area contributed by atoms with Crippen LogP contribution in [0.5, 0.6) is 0 Å². The quantitative estimate of drug-likeness (QED) is 0.154. The van der Waals surface area contributed by atoms with E-state index in [0.29, 0.717) is 0 Å². The lowest BCUT2D eigenvalue weighted by atomic mass is 9.27. The van der Waals surface area contributed by atoms with Crippen LogP contribution in [-0.4, -0.2) is 13.4 Å². The molecule has 0 bridgehead atoms. The van der Waals surface area contributed by atoms with Crippen LogP contribution in [0.1, 0.15) is 22.3 Å². The molecule has 3 heterocycles. The molecule has 0 saturated carbocycles. The molecular formula is C61H42B2N2. The Morgan fingerprint density at radius 2 is 0.800 bits per heavy atom. The second-order valence-electron chi connectivity index (χ2n) is 17.5. The van der Waals surface area contributed by atoms with E-state index < -0.39 is 5.41 Å². The summed E-state index contributed by atoms with van der Waals surface area (Å²) in [6.45, 7) is -0.102. The molecule has 0 N–H and O–H groups in total. The van der Waals surface area contributed by atoms with E-state index in [1.807, 2.05) is 0 Å². The van der Waals surface area contributed by atoms with Crippen molar-refractivity contribution in [1.29, 1.82) is 0 Å². The summed E-state index contributed by atoms with van der Waals surface area (Å²) in [4.78, 5) is 5.19. The van der Waals surface area contributed by atoms with E-state index in [-0.39, 0.29) is 13.4 Å². The molecule has 2 nitrogen and oxygen atoms in total. The molecule has 13 rings (SSSR count). The monoisotopic (exact) mass is 824 g/mol. The largest absolute Gasteiger partial charge is 0.312 e. The highest BCUT2D eigenvalue weighted by atomic mass is 15.2. The van der Waals surface area contributed by atoms with Gasteiger partial charge in [0, 0.05) is 34.1 Å². The molecule has 3 aliphatic heterocycles. The first-order valence-electron chi connectivity index (χ1n) is 22.8. The summed E-state index contributed by atoms with van der Waals surface area (Å²) < 4.78 is 0. The van der Waals surface area contributed by atoms with Crippen molar-refractivity contribution >= 4 is 80.3 Å². The SMILES string of the molecule is c1ccc(B2c3ccccc3N(c3cccc(-c4ccccc4)c3)c3cc4c5c(c32)N(c2ccccc2)c2ccccc2B5c2ccccc2C4(c2ccccc2)c2ccccc2)cc1. The highest BCUT2D eigenvalue weighted by Gasteiger charge is 2.54. The molecule has 0 spiro atoms. The van der Waals surface area contributed by atoms with Crippen molar-refractivity contribution in [1.82, 2.24) is 0 Å². The van der Waals surface area contributed by atoms with Gasteiger partial charge in [0.25, 0.3) is 0 Å². The van der Waals surface area contributed by atoms with Crippen LogP contribution in [0.25, 0.3) is 11.1 Å². The molecule has 4 heteroatoms. The summed E-state index contributed by atoms with van der Waals surface area (Å²) in [5.74, 6) is 0. The molecule has 0 saturated heterocycles. The van der Waals surface area contributed by atoms with Crippen molar-refractivity contribution in [2.75, 3.05) is 9.80 Å². The molecular weight excluding hydrogens is 782 g/mol. The van der Waals surface area contributed by atoms with E-state index in [0.717, 1.165) is 11.4 Å². The summed E-state index contributed by atoms with van der Waals surface area (Å²) in [5.41, 5.74) is 21.8. The average molecular weight is 825 g/mol. The van der Waals surface area contributed by atoms with E-state index in [9.17, 15) is 0 Å². The van der Waals surface area contributed by atoms with Crippen molar-refractivity contribution in [3.05, 3.63) is 277 Å². The lowest BCUT2D eigenvalue weighted by molar-refractivity contribution is 0.751. The smallest absolute Gasteiger partial charge is 0.249 e. The zero-order valence-corrected chi connectivity index (χ0v) is 35.8. The third-order valence-corrected chi connectivity index (χ3v) is 14.2. The molecule has 10 aromatic carbocycles. The Morgan fingerprint density at radius 1 is 0.308 bits per heavy atom. The molecule has 65 heavy (non-hydrogen) atoms. The predicted octanol–water partition coefficient (Wildman–Crippen LogP) is 10.6. The Hall–Kier alpha value is -8.07. The number of fused-ring (bicyclic) bond motifs is 7. The van der Waals surface area contributed by atoms with Crippen molar-refractivity contribution in [2.45, 2.75) is 5.41 Å². The average Bonchev–Trinajstić information content (AvgIpc) is 3.39. The third kappa shape index (κ3) is 5.57. The number of hydrogen-bond donors (Lipinski definition) is 0. The van der Waals surface area contributed by atoms with Gasteiger partial charge < -0.3 is 9.80 Å². The Balaban J connectivity index is 1.26. The topological polar surface area (TPSA) is 6.48 Å². The van der Waals surface area contributed by atoms with Crippen LogP contribution in [0.3, 0.4) is 0 Å². The van der Waals surface area contributed by atoms with Crippen LogP contribution in [0.15, 0.2) is 255 Å². The summed E-state index contributed by atoms with van der Waals surface area (Å²) in [5, 5.41) is 0. The molecule has 0 unspecified atom stereocenters. The number of para-hydroxylation sites is 3. The number of nitrogens with zero attached hydrogens (tertiary/aromatic N) is 2. The van der Waals surface area contributed by atoms with Crippen LogP contribution in [-0.2, 0) is 5.41 Å². The first-order valence-corrected chi connectivity index (χ1v) is 22.8. The van der Waals surface area contributed by atoms with Gasteiger partial charge in [-0.25, -0.2) is 0 Å². The van der Waals surface area contributed by atoms with Crippen molar-refractivity contribution in [2.24, 2.45) is 0 Å². The van der Waals surface area contributed by atoms with Crippen LogP contribution in [0.2, 0.25) is 0 Å². The van der Waals surface area contributed by atoms with Crippen LogP contribution in [0.4, 0.5) is 34.1 Å². The van der Waals surface area contributed by atoms with Gasteiger partial charge in [0.1, 0.15) is 0 Å². The second-order valence-corrected chi connectivity index (χ2v) is 17.5. The maximum atomic E-state index is 2.62. The van der Waals surface area contributed by atoms with E-state index in [1.54, 1.807) is 0 Å². The third-order valence-electron chi connectivity index (χ3n) is 14.2. The zero-order valence-electron chi connectivity index (χ0n) is 35.8. The summed E-state index contributed by atoms with van der Waals surface area (Å²) >= 11 is 0. The molecule has 0 amide bonds. The summed E-state index contributed by atoms with van der Waals surface area (Å²) in [7, 11) is 0. The molecule has 0 atom stereocenters. The number of rotatable bonds is 6. The van der Waals surface area contributed by atoms with Gasteiger partial charge in [0.2, 0.25) is 13.4 Å². The Labute approximate surface area is 381 Å². The van der Waals surface area contributed by atoms with Crippen LogP contribution >= 0.6 is 0 Å². The summed E-state index contributed by atoms with van der Waals surface area (Å²) in [6, 6.07) is 95.0. The normalized spacial score (nSPS) is 13.8. The molecule has 0 aliphatic carbocycles. The fourth-order valence-corrected chi connectivity index (χ4v) is 11.7. The van der Waals surface area contributed by atoms with E-state index in [4.69, 9.17) is 0 Å². The van der Waals surface area contributed by atoms with Crippen molar-refractivity contribution < 1.29 is 0 Å². The lowest BCUT2D eigenvalue weighted by Gasteiger charge is -2.51. The first kappa shape index (κ1) is 37.5. The summed E-state index contributed by atoms with van der Waals surface area (Å²) in [6.07, 6.45) is 0. The van der Waals surface area contributed by atoms with E-state index >= 15 is 0 Å². The standard InChI is InChI=1S/C61H42B2N2/c1-6-23-43(24-7-1)44-25-22-34-49(41-44)64-55-39-20-18-37-53(55)62(47-30-12-4-13-31-47)59-57(64)42-51-58-60(59)65(48-32-14-5-15-33-48)56-40-21-19-38-54(56)63(58)52-36-17-16-35-50(52)61(51,45-26-8-2-9-27-45)46-28-10-3-11-29-46/h1-42H. The Bertz CT molecular complexity index is 3350. The van der Waals surface area contributed by atoms with Gasteiger partial charge in [0.05, 0.1) is 5.41 Å². The Kier molecular flexibility index (Phi) is 8.67. The molecule has 10 aromatic rings. The number of anilines is 6. The zero-order chi connectivity index (χ0) is 42.9. The highest BCUT2D eigenvalue weighted by Crippen LogP contribution is 2.52. The fourth-order valence-electron chi connectivity index (χ4n) is 11.7. The fraction of sp³-hybridized carbons (Fsp3) is 0.0164. The minimum atomic E-state index is -0.667. The maximum Gasteiger partial charge on any atom is 0.249 e. The van der Waals surface area contributed by atoms with Gasteiger partial charge >= 0.3 is 0 Å². The minimum absolute atomic E-state index is 0.0262. The number of hydrogen-bond acceptors (Lipinski definition) is 2. The van der Waals surface area contributed by atoms with Gasteiger partial charge in [-0.15, -0.1) is 0 Å². The highest BCUT2D eigenvalue weighted by molar-refractivity contribution is 7.02. The maximum absolute atomic E-state index is 2.62. The van der Waals surface area contributed by atoms with Gasteiger partial charge in [-0.1, -0.05) is 223 Å². The van der Waals surface area contributed by atoms with Gasteiger partial charge in [0.15, 0.2) is 0 Å². The predicted molar refractivity (Wildman–Crippen MR) is 275 cm³/mol.